The van der Waals surface area contributed by atoms with E-state index < -0.39 is 5.97 Å². The molecule has 8 nitrogen and oxygen atoms in total. The van der Waals surface area contributed by atoms with Gasteiger partial charge in [-0.25, -0.2) is 4.98 Å². The lowest BCUT2D eigenvalue weighted by Gasteiger charge is -2.12. The lowest BCUT2D eigenvalue weighted by atomic mass is 10.00. The van der Waals surface area contributed by atoms with Crippen molar-refractivity contribution in [2.45, 2.75) is 52.4 Å². The SMILES string of the molecule is CCc1cccc(CC)c1Nc1nc2ccc(CC(=O)CNc3ccc(C(C)CC(=O)O)cn3)cc2o1. The van der Waals surface area contributed by atoms with E-state index in [1.165, 1.54) is 11.1 Å². The highest BCUT2D eigenvalue weighted by molar-refractivity contribution is 5.86. The first-order valence-corrected chi connectivity index (χ1v) is 12.6. The molecule has 0 bridgehead atoms. The van der Waals surface area contributed by atoms with Crippen LogP contribution in [0.4, 0.5) is 17.5 Å². The van der Waals surface area contributed by atoms with Crippen molar-refractivity contribution >= 4 is 40.4 Å². The molecule has 0 radical (unpaired) electrons. The molecule has 2 aromatic heterocycles. The molecule has 1 atom stereocenters. The molecule has 4 aromatic rings. The number of aromatic nitrogens is 2. The molecule has 192 valence electrons. The first-order chi connectivity index (χ1) is 17.9. The molecule has 4 rings (SSSR count). The van der Waals surface area contributed by atoms with Crippen LogP contribution >= 0.6 is 0 Å². The Morgan fingerprint density at radius 2 is 1.81 bits per heavy atom. The molecule has 0 spiro atoms. The van der Waals surface area contributed by atoms with E-state index in [0.717, 1.165) is 35.2 Å². The second kappa shape index (κ2) is 11.7. The van der Waals surface area contributed by atoms with Gasteiger partial charge in [-0.3, -0.25) is 9.59 Å². The van der Waals surface area contributed by atoms with Crippen molar-refractivity contribution in [2.75, 3.05) is 17.2 Å². The van der Waals surface area contributed by atoms with Crippen molar-refractivity contribution in [2.24, 2.45) is 0 Å². The number of pyridine rings is 1. The van der Waals surface area contributed by atoms with Crippen LogP contribution in [0, 0.1) is 0 Å². The van der Waals surface area contributed by atoms with E-state index in [1.807, 2.05) is 31.2 Å². The molecule has 0 aliphatic rings. The summed E-state index contributed by atoms with van der Waals surface area (Å²) < 4.78 is 5.98. The highest BCUT2D eigenvalue weighted by Crippen LogP contribution is 2.28. The van der Waals surface area contributed by atoms with Crippen LogP contribution in [0.1, 0.15) is 55.4 Å². The zero-order valence-electron chi connectivity index (χ0n) is 21.4. The van der Waals surface area contributed by atoms with Crippen LogP contribution in [0.5, 0.6) is 0 Å². The second-order valence-corrected chi connectivity index (χ2v) is 9.15. The van der Waals surface area contributed by atoms with E-state index in [2.05, 4.69) is 52.6 Å². The number of carboxylic acid groups (broad SMARTS) is 1. The van der Waals surface area contributed by atoms with Gasteiger partial charge in [-0.2, -0.15) is 4.98 Å². The first kappa shape index (κ1) is 25.9. The molecule has 0 aliphatic carbocycles. The maximum absolute atomic E-state index is 12.6. The largest absolute Gasteiger partial charge is 0.481 e. The van der Waals surface area contributed by atoms with Crippen LogP contribution in [-0.4, -0.2) is 33.4 Å². The monoisotopic (exact) mass is 500 g/mol. The number of para-hydroxylation sites is 1. The van der Waals surface area contributed by atoms with Gasteiger partial charge in [0.25, 0.3) is 6.01 Å². The quantitative estimate of drug-likeness (QED) is 0.220. The number of aliphatic carboxylic acids is 1. The summed E-state index contributed by atoms with van der Waals surface area (Å²) in [6, 6.07) is 15.9. The number of hydrogen-bond acceptors (Lipinski definition) is 7. The molecule has 0 fully saturated rings. The van der Waals surface area contributed by atoms with Crippen molar-refractivity contribution in [3.8, 4) is 0 Å². The van der Waals surface area contributed by atoms with Crippen LogP contribution in [0.25, 0.3) is 11.1 Å². The Morgan fingerprint density at radius 3 is 2.46 bits per heavy atom. The minimum Gasteiger partial charge on any atom is -0.481 e. The maximum Gasteiger partial charge on any atom is 0.303 e. The van der Waals surface area contributed by atoms with Gasteiger partial charge in [0, 0.05) is 18.3 Å². The molecular formula is C29H32N4O4. The summed E-state index contributed by atoms with van der Waals surface area (Å²) in [6.07, 6.45) is 3.75. The Hall–Kier alpha value is -4.20. The average Bonchev–Trinajstić information content (AvgIpc) is 3.29. The Kier molecular flexibility index (Phi) is 8.18. The number of anilines is 3. The van der Waals surface area contributed by atoms with E-state index in [1.54, 1.807) is 12.3 Å². The zero-order chi connectivity index (χ0) is 26.4. The second-order valence-electron chi connectivity index (χ2n) is 9.15. The van der Waals surface area contributed by atoms with Crippen LogP contribution in [0.15, 0.2) is 59.1 Å². The molecule has 8 heteroatoms. The van der Waals surface area contributed by atoms with Gasteiger partial charge >= 0.3 is 5.97 Å². The molecule has 2 aromatic carbocycles. The fourth-order valence-corrected chi connectivity index (χ4v) is 4.30. The summed E-state index contributed by atoms with van der Waals surface area (Å²) in [5.74, 6) is -0.395. The normalized spacial score (nSPS) is 11.9. The fourth-order valence-electron chi connectivity index (χ4n) is 4.30. The van der Waals surface area contributed by atoms with Crippen LogP contribution in [-0.2, 0) is 28.9 Å². The maximum atomic E-state index is 12.6. The molecular weight excluding hydrogens is 468 g/mol. The third kappa shape index (κ3) is 6.52. The number of fused-ring (bicyclic) bond motifs is 1. The number of Topliss-reactive ketones (excluding diaryl/α,β-unsaturated/α-hetero) is 1. The summed E-state index contributed by atoms with van der Waals surface area (Å²) in [5.41, 5.74) is 6.50. The Bertz CT molecular complexity index is 1370. The molecule has 0 saturated heterocycles. The molecule has 3 N–H and O–H groups in total. The highest BCUT2D eigenvalue weighted by Gasteiger charge is 2.13. The number of rotatable bonds is 12. The Morgan fingerprint density at radius 1 is 1.05 bits per heavy atom. The standard InChI is InChI=1S/C29H32N4O4/c1-4-20-7-6-8-21(5-2)28(20)33-29-32-24-11-9-19(15-25(24)37-29)14-23(34)17-31-26-12-10-22(16-30-26)18(3)13-27(35)36/h6-12,15-16,18H,4-5,13-14,17H2,1-3H3,(H,30,31)(H,32,33)(H,35,36). The summed E-state index contributed by atoms with van der Waals surface area (Å²) >= 11 is 0. The van der Waals surface area contributed by atoms with Gasteiger partial charge in [0.1, 0.15) is 11.3 Å². The van der Waals surface area contributed by atoms with Crippen molar-refractivity contribution in [1.29, 1.82) is 0 Å². The summed E-state index contributed by atoms with van der Waals surface area (Å²) in [4.78, 5) is 32.4. The van der Waals surface area contributed by atoms with E-state index in [4.69, 9.17) is 9.52 Å². The van der Waals surface area contributed by atoms with Gasteiger partial charge in [0.15, 0.2) is 11.4 Å². The first-order valence-electron chi connectivity index (χ1n) is 12.6. The van der Waals surface area contributed by atoms with Crippen molar-refractivity contribution in [3.63, 3.8) is 0 Å². The predicted molar refractivity (Wildman–Crippen MR) is 145 cm³/mol. The number of benzene rings is 2. The van der Waals surface area contributed by atoms with E-state index in [-0.39, 0.29) is 31.1 Å². The van der Waals surface area contributed by atoms with Crippen molar-refractivity contribution < 1.29 is 19.1 Å². The van der Waals surface area contributed by atoms with E-state index in [0.29, 0.717) is 17.4 Å². The topological polar surface area (TPSA) is 117 Å². The number of nitrogens with one attached hydrogen (secondary N) is 2. The summed E-state index contributed by atoms with van der Waals surface area (Å²) in [6.45, 7) is 6.22. The third-order valence-corrected chi connectivity index (χ3v) is 6.39. The summed E-state index contributed by atoms with van der Waals surface area (Å²) in [7, 11) is 0. The average molecular weight is 501 g/mol. The Balaban J connectivity index is 1.37. The Labute approximate surface area is 216 Å². The highest BCUT2D eigenvalue weighted by atomic mass is 16.4. The number of aryl methyl sites for hydroxylation is 2. The lowest BCUT2D eigenvalue weighted by molar-refractivity contribution is -0.137. The molecule has 2 heterocycles. The number of carbonyl (C=O) groups is 2. The number of carbonyl (C=O) groups excluding carboxylic acids is 1. The van der Waals surface area contributed by atoms with Crippen LogP contribution in [0.2, 0.25) is 0 Å². The number of carboxylic acids is 1. The molecule has 0 saturated carbocycles. The zero-order valence-corrected chi connectivity index (χ0v) is 21.4. The van der Waals surface area contributed by atoms with Crippen molar-refractivity contribution in [1.82, 2.24) is 9.97 Å². The van der Waals surface area contributed by atoms with Gasteiger partial charge in [-0.1, -0.05) is 51.1 Å². The number of nitrogens with zero attached hydrogens (tertiary/aromatic N) is 2. The van der Waals surface area contributed by atoms with Crippen LogP contribution in [0.3, 0.4) is 0 Å². The predicted octanol–water partition coefficient (Wildman–Crippen LogP) is 5.89. The van der Waals surface area contributed by atoms with Gasteiger partial charge in [0.2, 0.25) is 0 Å². The molecule has 0 aliphatic heterocycles. The minimum atomic E-state index is -0.844. The molecule has 0 amide bonds. The number of ketones is 1. The summed E-state index contributed by atoms with van der Waals surface area (Å²) in [5, 5.41) is 15.3. The van der Waals surface area contributed by atoms with Gasteiger partial charge in [0.05, 0.1) is 13.0 Å². The van der Waals surface area contributed by atoms with Gasteiger partial charge in [-0.15, -0.1) is 0 Å². The van der Waals surface area contributed by atoms with Gasteiger partial charge < -0.3 is 20.2 Å². The van der Waals surface area contributed by atoms with E-state index >= 15 is 0 Å². The fraction of sp³-hybridized carbons (Fsp3) is 0.310. The minimum absolute atomic E-state index is 0.00629. The van der Waals surface area contributed by atoms with Crippen LogP contribution < -0.4 is 10.6 Å². The lowest BCUT2D eigenvalue weighted by Crippen LogP contribution is -2.16. The number of oxazole rings is 1. The number of hydrogen-bond donors (Lipinski definition) is 3. The molecule has 37 heavy (non-hydrogen) atoms. The van der Waals surface area contributed by atoms with E-state index in [9.17, 15) is 9.59 Å². The smallest absolute Gasteiger partial charge is 0.303 e. The third-order valence-electron chi connectivity index (χ3n) is 6.39. The molecule has 1 unspecified atom stereocenters. The van der Waals surface area contributed by atoms with Gasteiger partial charge in [-0.05, 0) is 59.2 Å². The van der Waals surface area contributed by atoms with Crippen molar-refractivity contribution in [3.05, 3.63) is 77.0 Å².